The van der Waals surface area contributed by atoms with Crippen LogP contribution in [0.4, 0.5) is 0 Å². The quantitative estimate of drug-likeness (QED) is 0.498. The highest BCUT2D eigenvalue weighted by molar-refractivity contribution is 7.11. The Bertz CT molecular complexity index is 698. The lowest BCUT2D eigenvalue weighted by Gasteiger charge is -2.12. The highest BCUT2D eigenvalue weighted by Gasteiger charge is 2.07. The van der Waals surface area contributed by atoms with Crippen molar-refractivity contribution < 1.29 is 9.84 Å². The van der Waals surface area contributed by atoms with E-state index in [0.29, 0.717) is 25.3 Å². The number of phenolic OH excluding ortho intramolecular Hbond substituents is 1. The maximum absolute atomic E-state index is 10.1. The molecule has 136 valence electrons. The van der Waals surface area contributed by atoms with Gasteiger partial charge in [-0.25, -0.2) is 4.99 Å². The third kappa shape index (κ3) is 5.67. The lowest BCUT2D eigenvalue weighted by atomic mass is 10.1. The maximum atomic E-state index is 10.1. The molecular weight excluding hydrogens is 334 g/mol. The molecule has 0 saturated carbocycles. The van der Waals surface area contributed by atoms with Gasteiger partial charge in [-0.05, 0) is 43.5 Å². The normalized spacial score (nSPS) is 11.4. The second kappa shape index (κ2) is 9.93. The Hall–Kier alpha value is -2.21. The smallest absolute Gasteiger partial charge is 0.191 e. The van der Waals surface area contributed by atoms with Crippen molar-refractivity contribution in [2.24, 2.45) is 4.99 Å². The molecule has 1 aromatic heterocycles. The van der Waals surface area contributed by atoms with Crippen molar-refractivity contribution >= 4 is 17.3 Å². The first-order valence-corrected chi connectivity index (χ1v) is 9.44. The van der Waals surface area contributed by atoms with E-state index in [1.165, 1.54) is 9.75 Å². The van der Waals surface area contributed by atoms with Crippen molar-refractivity contribution in [2.45, 2.75) is 33.2 Å². The number of hydrogen-bond donors (Lipinski definition) is 3. The highest BCUT2D eigenvalue weighted by Crippen LogP contribution is 2.29. The van der Waals surface area contributed by atoms with Gasteiger partial charge in [0.15, 0.2) is 17.5 Å². The predicted octanol–water partition coefficient (Wildman–Crippen LogP) is 3.32. The van der Waals surface area contributed by atoms with Crippen LogP contribution in [0.5, 0.6) is 11.5 Å². The minimum absolute atomic E-state index is 0.208. The zero-order chi connectivity index (χ0) is 18.1. The number of ether oxygens (including phenoxy) is 1. The number of benzene rings is 1. The molecular formula is C19H27N3O2S. The molecule has 0 saturated heterocycles. The van der Waals surface area contributed by atoms with Crippen LogP contribution in [-0.2, 0) is 19.4 Å². The zero-order valence-electron chi connectivity index (χ0n) is 15.1. The molecule has 2 aromatic rings. The third-order valence-electron chi connectivity index (χ3n) is 3.79. The van der Waals surface area contributed by atoms with E-state index < -0.39 is 0 Å². The fourth-order valence-electron chi connectivity index (χ4n) is 2.45. The van der Waals surface area contributed by atoms with Gasteiger partial charge in [-0.1, -0.05) is 19.1 Å². The molecule has 0 aliphatic rings. The molecule has 1 aromatic carbocycles. The maximum Gasteiger partial charge on any atom is 0.191 e. The van der Waals surface area contributed by atoms with Gasteiger partial charge in [0.05, 0.1) is 13.7 Å². The number of para-hydroxylation sites is 1. The van der Waals surface area contributed by atoms with Crippen molar-refractivity contribution in [1.29, 1.82) is 0 Å². The monoisotopic (exact) mass is 361 g/mol. The molecule has 1 heterocycles. The number of nitrogens with one attached hydrogen (secondary N) is 2. The SMILES string of the molecule is CCNC(=NCc1ccc(CC)s1)NCCc1cccc(OC)c1O. The summed E-state index contributed by atoms with van der Waals surface area (Å²) in [5.74, 6) is 1.50. The lowest BCUT2D eigenvalue weighted by Crippen LogP contribution is -2.38. The van der Waals surface area contributed by atoms with Crippen LogP contribution in [0.1, 0.15) is 29.2 Å². The summed E-state index contributed by atoms with van der Waals surface area (Å²) in [6.45, 7) is 6.37. The Labute approximate surface area is 153 Å². The second-order valence-electron chi connectivity index (χ2n) is 5.56. The summed E-state index contributed by atoms with van der Waals surface area (Å²) in [6, 6.07) is 9.85. The fourth-order valence-corrected chi connectivity index (χ4v) is 3.33. The van der Waals surface area contributed by atoms with E-state index in [1.54, 1.807) is 13.2 Å². The van der Waals surface area contributed by atoms with Gasteiger partial charge >= 0.3 is 0 Å². The summed E-state index contributed by atoms with van der Waals surface area (Å²) >= 11 is 1.81. The average Bonchev–Trinajstić information content (AvgIpc) is 3.09. The van der Waals surface area contributed by atoms with Crippen molar-refractivity contribution in [3.8, 4) is 11.5 Å². The van der Waals surface area contributed by atoms with Crippen LogP contribution in [0.15, 0.2) is 35.3 Å². The minimum Gasteiger partial charge on any atom is -0.504 e. The minimum atomic E-state index is 0.208. The average molecular weight is 362 g/mol. The number of methoxy groups -OCH3 is 1. The van der Waals surface area contributed by atoms with Crippen LogP contribution in [0.25, 0.3) is 0 Å². The topological polar surface area (TPSA) is 65.9 Å². The molecule has 0 bridgehead atoms. The first-order chi connectivity index (χ1) is 12.2. The van der Waals surface area contributed by atoms with Crippen LogP contribution in [-0.4, -0.2) is 31.3 Å². The summed E-state index contributed by atoms with van der Waals surface area (Å²) in [6.07, 6.45) is 1.75. The third-order valence-corrected chi connectivity index (χ3v) is 5.01. The van der Waals surface area contributed by atoms with Gasteiger partial charge in [0, 0.05) is 22.8 Å². The number of thiophene rings is 1. The van der Waals surface area contributed by atoms with Crippen molar-refractivity contribution in [1.82, 2.24) is 10.6 Å². The number of aryl methyl sites for hydroxylation is 1. The zero-order valence-corrected chi connectivity index (χ0v) is 15.9. The van der Waals surface area contributed by atoms with Crippen molar-refractivity contribution in [2.75, 3.05) is 20.2 Å². The van der Waals surface area contributed by atoms with Gasteiger partial charge in [-0.2, -0.15) is 0 Å². The first kappa shape index (κ1) is 19.1. The van der Waals surface area contributed by atoms with E-state index in [1.807, 2.05) is 30.4 Å². The highest BCUT2D eigenvalue weighted by atomic mass is 32.1. The van der Waals surface area contributed by atoms with Gasteiger partial charge in [0.25, 0.3) is 0 Å². The van der Waals surface area contributed by atoms with E-state index in [0.717, 1.165) is 24.5 Å². The molecule has 0 aliphatic carbocycles. The number of phenols is 1. The van der Waals surface area contributed by atoms with Gasteiger partial charge in [-0.15, -0.1) is 11.3 Å². The van der Waals surface area contributed by atoms with E-state index in [4.69, 9.17) is 4.74 Å². The van der Waals surface area contributed by atoms with Gasteiger partial charge < -0.3 is 20.5 Å². The first-order valence-electron chi connectivity index (χ1n) is 8.62. The van der Waals surface area contributed by atoms with Crippen LogP contribution in [0.3, 0.4) is 0 Å². The van der Waals surface area contributed by atoms with E-state index in [9.17, 15) is 5.11 Å². The van der Waals surface area contributed by atoms with Crippen molar-refractivity contribution in [3.63, 3.8) is 0 Å². The molecule has 0 unspecified atom stereocenters. The van der Waals surface area contributed by atoms with Crippen LogP contribution in [0, 0.1) is 0 Å². The number of aliphatic imine (C=N–C) groups is 1. The Morgan fingerprint density at radius 1 is 1.16 bits per heavy atom. The van der Waals surface area contributed by atoms with E-state index >= 15 is 0 Å². The standard InChI is InChI=1S/C19H27N3O2S/c1-4-15-9-10-16(25-15)13-22-19(20-5-2)21-12-11-14-7-6-8-17(24-3)18(14)23/h6-10,23H,4-5,11-13H2,1-3H3,(H2,20,21,22). The lowest BCUT2D eigenvalue weighted by molar-refractivity contribution is 0.370. The Morgan fingerprint density at radius 3 is 2.64 bits per heavy atom. The Balaban J connectivity index is 1.91. The molecule has 0 amide bonds. The number of hydrogen-bond acceptors (Lipinski definition) is 4. The largest absolute Gasteiger partial charge is 0.504 e. The molecule has 5 nitrogen and oxygen atoms in total. The molecule has 0 radical (unpaired) electrons. The molecule has 0 fully saturated rings. The van der Waals surface area contributed by atoms with Gasteiger partial charge in [0.2, 0.25) is 0 Å². The molecule has 2 rings (SSSR count). The molecule has 25 heavy (non-hydrogen) atoms. The van der Waals surface area contributed by atoms with Crippen LogP contribution in [0.2, 0.25) is 0 Å². The summed E-state index contributed by atoms with van der Waals surface area (Å²) in [5, 5.41) is 16.7. The molecule has 0 atom stereocenters. The second-order valence-corrected chi connectivity index (χ2v) is 6.81. The van der Waals surface area contributed by atoms with E-state index in [-0.39, 0.29) is 5.75 Å². The number of guanidine groups is 1. The van der Waals surface area contributed by atoms with Gasteiger partial charge in [-0.3, -0.25) is 0 Å². The summed E-state index contributed by atoms with van der Waals surface area (Å²) in [5.41, 5.74) is 0.855. The molecule has 0 aliphatic heterocycles. The number of aromatic hydroxyl groups is 1. The molecule has 3 N–H and O–H groups in total. The predicted molar refractivity (Wildman–Crippen MR) is 105 cm³/mol. The summed E-state index contributed by atoms with van der Waals surface area (Å²) in [7, 11) is 1.56. The van der Waals surface area contributed by atoms with Crippen molar-refractivity contribution in [3.05, 3.63) is 45.6 Å². The van der Waals surface area contributed by atoms with E-state index in [2.05, 4.69) is 34.7 Å². The number of rotatable bonds is 8. The summed E-state index contributed by atoms with van der Waals surface area (Å²) in [4.78, 5) is 7.29. The fraction of sp³-hybridized carbons (Fsp3) is 0.421. The number of nitrogens with zero attached hydrogens (tertiary/aromatic N) is 1. The summed E-state index contributed by atoms with van der Waals surface area (Å²) < 4.78 is 5.15. The Morgan fingerprint density at radius 2 is 1.96 bits per heavy atom. The van der Waals surface area contributed by atoms with Crippen LogP contribution >= 0.6 is 11.3 Å². The van der Waals surface area contributed by atoms with Crippen LogP contribution < -0.4 is 15.4 Å². The Kier molecular flexibility index (Phi) is 7.60. The molecule has 6 heteroatoms. The van der Waals surface area contributed by atoms with Gasteiger partial charge in [0.1, 0.15) is 0 Å². The molecule has 0 spiro atoms.